The van der Waals surface area contributed by atoms with E-state index in [1.165, 1.54) is 0 Å². The van der Waals surface area contributed by atoms with Crippen LogP contribution in [0, 0.1) is 6.33 Å². The standard InChI is InChI=1S/C2F3.HI.Zn/c3-1-2(4)5;;/h;1H;/q-1;;. The summed E-state index contributed by atoms with van der Waals surface area (Å²) in [5.74, 6) is 0. The van der Waals surface area contributed by atoms with Gasteiger partial charge in [0.2, 0.25) is 0 Å². The zero-order valence-electron chi connectivity index (χ0n) is 3.25. The molecule has 0 radical (unpaired) electrons. The molecule has 0 nitrogen and oxygen atoms in total. The van der Waals surface area contributed by atoms with Crippen LogP contribution in [0.5, 0.6) is 0 Å². The van der Waals surface area contributed by atoms with E-state index >= 15 is 0 Å². The van der Waals surface area contributed by atoms with Crippen molar-refractivity contribution in [2.45, 2.75) is 0 Å². The molecular formula is C2HF3IZn-. The molecule has 0 aromatic rings. The molecule has 0 bridgehead atoms. The maximum atomic E-state index is 10.2. The van der Waals surface area contributed by atoms with Crippen molar-refractivity contribution in [1.82, 2.24) is 0 Å². The van der Waals surface area contributed by atoms with Crippen LogP contribution >= 0.6 is 24.0 Å². The molecule has 0 N–H and O–H groups in total. The van der Waals surface area contributed by atoms with E-state index in [0.29, 0.717) is 0 Å². The molecule has 7 heavy (non-hydrogen) atoms. The first-order chi connectivity index (χ1) is 2.27. The fourth-order valence-electron chi connectivity index (χ4n) is 0. The monoisotopic (exact) mass is 273 g/mol. The first-order valence-electron chi connectivity index (χ1n) is 0.817. The predicted molar refractivity (Wildman–Crippen MR) is 25.5 cm³/mol. The second-order valence-electron chi connectivity index (χ2n) is 0.355. The average molecular weight is 274 g/mol. The first kappa shape index (κ1) is 15.7. The van der Waals surface area contributed by atoms with Gasteiger partial charge in [0.15, 0.2) is 0 Å². The van der Waals surface area contributed by atoms with Gasteiger partial charge in [0, 0.05) is 19.5 Å². The van der Waals surface area contributed by atoms with E-state index in [0.717, 1.165) is 0 Å². The van der Waals surface area contributed by atoms with Crippen LogP contribution in [-0.4, -0.2) is 0 Å². The first-order valence-corrected chi connectivity index (χ1v) is 0.817. The van der Waals surface area contributed by atoms with Crippen molar-refractivity contribution in [3.05, 3.63) is 12.4 Å². The Labute approximate surface area is 68.9 Å². The van der Waals surface area contributed by atoms with Crippen molar-refractivity contribution in [2.75, 3.05) is 0 Å². The quantitative estimate of drug-likeness (QED) is 0.360. The molecule has 0 aromatic carbocycles. The largest absolute Gasteiger partial charge is 0.453 e. The predicted octanol–water partition coefficient (Wildman–Crippen LogP) is 2.11. The molecule has 5 heteroatoms. The van der Waals surface area contributed by atoms with E-state index in [1.54, 1.807) is 0 Å². The van der Waals surface area contributed by atoms with E-state index in [4.69, 9.17) is 0 Å². The van der Waals surface area contributed by atoms with Crippen LogP contribution in [0.4, 0.5) is 13.2 Å². The minimum absolute atomic E-state index is 0. The molecule has 40 valence electrons. The van der Waals surface area contributed by atoms with Crippen LogP contribution < -0.4 is 0 Å². The Kier molecular flexibility index (Phi) is 22.4. The van der Waals surface area contributed by atoms with Crippen LogP contribution in [0.3, 0.4) is 0 Å². The Morgan fingerprint density at radius 3 is 1.43 bits per heavy atom. The maximum Gasteiger partial charge on any atom is 0.120 e. The van der Waals surface area contributed by atoms with E-state index < -0.39 is 6.08 Å². The molecule has 0 aromatic heterocycles. The summed E-state index contributed by atoms with van der Waals surface area (Å²) in [4.78, 5) is 0. The maximum absolute atomic E-state index is 10.2. The molecule has 0 aliphatic rings. The Hall–Kier alpha value is 0.883. The molecule has 0 heterocycles. The van der Waals surface area contributed by atoms with Gasteiger partial charge in [-0.15, -0.1) is 24.0 Å². The molecule has 0 spiro atoms. The normalized spacial score (nSPS) is 5.00. The molecule has 0 atom stereocenters. The van der Waals surface area contributed by atoms with Gasteiger partial charge in [-0.3, -0.25) is 0 Å². The number of halogens is 4. The second-order valence-corrected chi connectivity index (χ2v) is 0.355. The number of rotatable bonds is 0. The van der Waals surface area contributed by atoms with Gasteiger partial charge in [-0.05, 0) is 0 Å². The fourth-order valence-corrected chi connectivity index (χ4v) is 0. The zero-order chi connectivity index (χ0) is 4.28. The van der Waals surface area contributed by atoms with Gasteiger partial charge in [-0.1, -0.05) is 0 Å². The molecular weight excluding hydrogens is 273 g/mol. The smallest absolute Gasteiger partial charge is 0.120 e. The topological polar surface area (TPSA) is 0 Å². The van der Waals surface area contributed by atoms with Gasteiger partial charge in [-0.2, -0.15) is 0 Å². The van der Waals surface area contributed by atoms with Gasteiger partial charge >= 0.3 is 0 Å². The Morgan fingerprint density at radius 2 is 1.43 bits per heavy atom. The summed E-state index contributed by atoms with van der Waals surface area (Å²) in [7, 11) is 0. The Bertz CT molecular complexity index is 50.9. The summed E-state index contributed by atoms with van der Waals surface area (Å²) in [6.07, 6.45) is -2.30. The van der Waals surface area contributed by atoms with Gasteiger partial charge in [0.1, 0.15) is 6.08 Å². The molecule has 0 saturated carbocycles. The third kappa shape index (κ3) is 19.7. The van der Waals surface area contributed by atoms with Crippen molar-refractivity contribution in [2.24, 2.45) is 0 Å². The van der Waals surface area contributed by atoms with E-state index in [-0.39, 0.29) is 49.8 Å². The molecule has 0 amide bonds. The van der Waals surface area contributed by atoms with Gasteiger partial charge in [-0.25, -0.2) is 15.1 Å². The summed E-state index contributed by atoms with van der Waals surface area (Å²) in [6, 6.07) is 0. The summed E-state index contributed by atoms with van der Waals surface area (Å²) in [6.45, 7) is 0. The molecule has 0 unspecified atom stereocenters. The van der Waals surface area contributed by atoms with Gasteiger partial charge in [0.05, 0.1) is 0 Å². The van der Waals surface area contributed by atoms with Gasteiger partial charge < -0.3 is 4.39 Å². The van der Waals surface area contributed by atoms with Crippen molar-refractivity contribution < 1.29 is 32.6 Å². The number of hydrogen-bond acceptors (Lipinski definition) is 0. The average Bonchev–Trinajstić information content (AvgIpc) is 1.38. The molecule has 0 aliphatic heterocycles. The van der Waals surface area contributed by atoms with Crippen LogP contribution in [0.15, 0.2) is 6.08 Å². The van der Waals surface area contributed by atoms with Crippen molar-refractivity contribution in [3.8, 4) is 0 Å². The van der Waals surface area contributed by atoms with Crippen LogP contribution in [0.1, 0.15) is 0 Å². The minimum atomic E-state index is -2.41. The minimum Gasteiger partial charge on any atom is -0.453 e. The Morgan fingerprint density at radius 1 is 1.29 bits per heavy atom. The third-order valence-corrected chi connectivity index (χ3v) is 0.0714. The third-order valence-electron chi connectivity index (χ3n) is 0.0714. The van der Waals surface area contributed by atoms with Crippen LogP contribution in [0.25, 0.3) is 0 Å². The summed E-state index contributed by atoms with van der Waals surface area (Å²) in [5, 5.41) is 0. The van der Waals surface area contributed by atoms with E-state index in [9.17, 15) is 13.2 Å². The summed E-state index contributed by atoms with van der Waals surface area (Å²) >= 11 is 0. The van der Waals surface area contributed by atoms with Gasteiger partial charge in [0.25, 0.3) is 0 Å². The molecule has 0 rings (SSSR count). The van der Waals surface area contributed by atoms with Crippen molar-refractivity contribution in [1.29, 1.82) is 0 Å². The fraction of sp³-hybridized carbons (Fsp3) is 0. The second kappa shape index (κ2) is 9.99. The zero-order valence-corrected chi connectivity index (χ0v) is 8.55. The van der Waals surface area contributed by atoms with Crippen LogP contribution in [-0.2, 0) is 19.5 Å². The molecule has 0 fully saturated rings. The van der Waals surface area contributed by atoms with Crippen molar-refractivity contribution in [3.63, 3.8) is 0 Å². The van der Waals surface area contributed by atoms with Crippen LogP contribution in [0.2, 0.25) is 0 Å². The van der Waals surface area contributed by atoms with E-state index in [1.807, 2.05) is 0 Å². The van der Waals surface area contributed by atoms with Crippen molar-refractivity contribution >= 4 is 24.0 Å². The SMILES string of the molecule is F[C-]=C(F)F.I.[Zn]. The number of hydrogen-bond donors (Lipinski definition) is 0. The molecule has 0 aliphatic carbocycles. The summed E-state index contributed by atoms with van der Waals surface area (Å²) < 4.78 is 30.5. The summed E-state index contributed by atoms with van der Waals surface area (Å²) in [5.41, 5.74) is 0. The van der Waals surface area contributed by atoms with E-state index in [2.05, 4.69) is 0 Å². The molecule has 0 saturated heterocycles. The Balaban J connectivity index is -0.0000000800.